The van der Waals surface area contributed by atoms with Gasteiger partial charge in [0, 0.05) is 37.8 Å². The molecule has 0 spiro atoms. The van der Waals surface area contributed by atoms with E-state index in [1.807, 2.05) is 0 Å². The van der Waals surface area contributed by atoms with Gasteiger partial charge in [-0.15, -0.1) is 0 Å². The summed E-state index contributed by atoms with van der Waals surface area (Å²) in [5, 5.41) is 0. The van der Waals surface area contributed by atoms with E-state index in [4.69, 9.17) is 5.73 Å². The van der Waals surface area contributed by atoms with Gasteiger partial charge in [-0.2, -0.15) is 0 Å². The first kappa shape index (κ1) is 11.0. The fraction of sp³-hybridized carbons (Fsp3) is 1.00. The maximum Gasteiger partial charge on any atom is 0.0351 e. The molecule has 1 aliphatic rings. The molecule has 1 atom stereocenters. The van der Waals surface area contributed by atoms with Crippen molar-refractivity contribution < 1.29 is 0 Å². The Labute approximate surface area is 81.9 Å². The van der Waals surface area contributed by atoms with Crippen molar-refractivity contribution in [1.29, 1.82) is 0 Å². The van der Waals surface area contributed by atoms with Gasteiger partial charge in [-0.25, -0.2) is 0 Å². The molecule has 3 heteroatoms. The number of piperazine rings is 1. The van der Waals surface area contributed by atoms with Crippen molar-refractivity contribution in [3.05, 3.63) is 0 Å². The molecule has 1 rings (SSSR count). The highest BCUT2D eigenvalue weighted by Crippen LogP contribution is 2.19. The smallest absolute Gasteiger partial charge is 0.0351 e. The molecule has 13 heavy (non-hydrogen) atoms. The SMILES string of the molecule is CN1CCN(C(C)(C)C)C(CN)C1. The van der Waals surface area contributed by atoms with Crippen LogP contribution in [0.15, 0.2) is 0 Å². The third-order valence-corrected chi connectivity index (χ3v) is 2.82. The standard InChI is InChI=1S/C10H23N3/c1-10(2,3)13-6-5-12(4)8-9(13)7-11/h9H,5-8,11H2,1-4H3. The first-order valence-electron chi connectivity index (χ1n) is 5.10. The molecule has 78 valence electrons. The molecular weight excluding hydrogens is 162 g/mol. The number of nitrogens with zero attached hydrogens (tertiary/aromatic N) is 2. The molecule has 2 N–H and O–H groups in total. The van der Waals surface area contributed by atoms with Crippen LogP contribution in [0, 0.1) is 0 Å². The van der Waals surface area contributed by atoms with Crippen LogP contribution in [0.1, 0.15) is 20.8 Å². The molecule has 0 radical (unpaired) electrons. The van der Waals surface area contributed by atoms with Crippen LogP contribution in [0.3, 0.4) is 0 Å². The molecule has 1 fully saturated rings. The molecule has 1 saturated heterocycles. The normalized spacial score (nSPS) is 27.9. The molecule has 1 unspecified atom stereocenters. The monoisotopic (exact) mass is 185 g/mol. The molecule has 3 nitrogen and oxygen atoms in total. The molecule has 0 aliphatic carbocycles. The zero-order chi connectivity index (χ0) is 10.1. The molecule has 0 aromatic carbocycles. The van der Waals surface area contributed by atoms with Crippen LogP contribution in [0.4, 0.5) is 0 Å². The molecular formula is C10H23N3. The van der Waals surface area contributed by atoms with Crippen molar-refractivity contribution in [2.75, 3.05) is 33.2 Å². The number of nitrogens with two attached hydrogens (primary N) is 1. The van der Waals surface area contributed by atoms with E-state index >= 15 is 0 Å². The van der Waals surface area contributed by atoms with E-state index in [2.05, 4.69) is 37.6 Å². The largest absolute Gasteiger partial charge is 0.329 e. The Balaban J connectivity index is 2.63. The van der Waals surface area contributed by atoms with Gasteiger partial charge in [-0.05, 0) is 27.8 Å². The second-order valence-electron chi connectivity index (χ2n) is 5.02. The second-order valence-corrected chi connectivity index (χ2v) is 5.02. The van der Waals surface area contributed by atoms with Gasteiger partial charge in [0.05, 0.1) is 0 Å². The van der Waals surface area contributed by atoms with Crippen LogP contribution in [0.2, 0.25) is 0 Å². The van der Waals surface area contributed by atoms with Crippen LogP contribution in [0.5, 0.6) is 0 Å². The summed E-state index contributed by atoms with van der Waals surface area (Å²) in [6, 6.07) is 0.527. The lowest BCUT2D eigenvalue weighted by atomic mass is 10.0. The fourth-order valence-electron chi connectivity index (χ4n) is 2.10. The van der Waals surface area contributed by atoms with Crippen molar-refractivity contribution in [3.63, 3.8) is 0 Å². The lowest BCUT2D eigenvalue weighted by Crippen LogP contribution is -2.60. The molecule has 1 aliphatic heterocycles. The number of hydrogen-bond acceptors (Lipinski definition) is 3. The minimum Gasteiger partial charge on any atom is -0.329 e. The lowest BCUT2D eigenvalue weighted by Gasteiger charge is -2.46. The van der Waals surface area contributed by atoms with E-state index in [9.17, 15) is 0 Å². The van der Waals surface area contributed by atoms with Crippen LogP contribution in [-0.4, -0.2) is 54.6 Å². The van der Waals surface area contributed by atoms with Gasteiger partial charge in [0.25, 0.3) is 0 Å². The van der Waals surface area contributed by atoms with Gasteiger partial charge in [-0.3, -0.25) is 4.90 Å². The lowest BCUT2D eigenvalue weighted by molar-refractivity contribution is 0.0231. The summed E-state index contributed by atoms with van der Waals surface area (Å²) in [5.74, 6) is 0. The first-order valence-corrected chi connectivity index (χ1v) is 5.10. The summed E-state index contributed by atoms with van der Waals surface area (Å²) in [6.45, 7) is 11.0. The van der Waals surface area contributed by atoms with Crippen LogP contribution >= 0.6 is 0 Å². The van der Waals surface area contributed by atoms with Gasteiger partial charge < -0.3 is 10.6 Å². The van der Waals surface area contributed by atoms with Crippen LogP contribution in [0.25, 0.3) is 0 Å². The Morgan fingerprint density at radius 1 is 1.31 bits per heavy atom. The summed E-state index contributed by atoms with van der Waals surface area (Å²) < 4.78 is 0. The second kappa shape index (κ2) is 3.95. The van der Waals surface area contributed by atoms with Crippen molar-refractivity contribution in [2.24, 2.45) is 5.73 Å². The Kier molecular flexibility index (Phi) is 3.33. The molecule has 1 heterocycles. The predicted octanol–water partition coefficient (Wildman–Crippen LogP) is 0.360. The summed E-state index contributed by atoms with van der Waals surface area (Å²) in [4.78, 5) is 4.88. The maximum absolute atomic E-state index is 5.78. The molecule has 0 saturated carbocycles. The number of rotatable bonds is 1. The third kappa shape index (κ3) is 2.66. The Hall–Kier alpha value is -0.120. The highest BCUT2D eigenvalue weighted by molar-refractivity contribution is 4.88. The number of likely N-dealkylation sites (N-methyl/N-ethyl adjacent to an activating group) is 1. The average molecular weight is 185 g/mol. The first-order chi connectivity index (χ1) is 5.95. The van der Waals surface area contributed by atoms with Gasteiger partial charge in [0.15, 0.2) is 0 Å². The average Bonchev–Trinajstić information content (AvgIpc) is 2.01. The highest BCUT2D eigenvalue weighted by Gasteiger charge is 2.31. The van der Waals surface area contributed by atoms with Crippen molar-refractivity contribution in [1.82, 2.24) is 9.80 Å². The van der Waals surface area contributed by atoms with Crippen molar-refractivity contribution >= 4 is 0 Å². The molecule has 0 amide bonds. The van der Waals surface area contributed by atoms with Crippen LogP contribution in [-0.2, 0) is 0 Å². The minimum absolute atomic E-state index is 0.255. The fourth-order valence-corrected chi connectivity index (χ4v) is 2.10. The third-order valence-electron chi connectivity index (χ3n) is 2.82. The molecule has 0 bridgehead atoms. The Morgan fingerprint density at radius 3 is 2.38 bits per heavy atom. The predicted molar refractivity (Wildman–Crippen MR) is 56.8 cm³/mol. The van der Waals surface area contributed by atoms with E-state index in [-0.39, 0.29) is 5.54 Å². The van der Waals surface area contributed by atoms with E-state index < -0.39 is 0 Å². The quantitative estimate of drug-likeness (QED) is 0.640. The number of hydrogen-bond donors (Lipinski definition) is 1. The highest BCUT2D eigenvalue weighted by atomic mass is 15.3. The molecule has 0 aromatic heterocycles. The zero-order valence-electron chi connectivity index (χ0n) is 9.38. The van der Waals surface area contributed by atoms with Gasteiger partial charge in [0.2, 0.25) is 0 Å². The summed E-state index contributed by atoms with van der Waals surface area (Å²) in [5.41, 5.74) is 6.04. The van der Waals surface area contributed by atoms with Crippen molar-refractivity contribution in [3.8, 4) is 0 Å². The van der Waals surface area contributed by atoms with Crippen molar-refractivity contribution in [2.45, 2.75) is 32.4 Å². The van der Waals surface area contributed by atoms with Gasteiger partial charge >= 0.3 is 0 Å². The zero-order valence-corrected chi connectivity index (χ0v) is 9.38. The van der Waals surface area contributed by atoms with Gasteiger partial charge in [0.1, 0.15) is 0 Å². The maximum atomic E-state index is 5.78. The minimum atomic E-state index is 0.255. The molecule has 0 aromatic rings. The summed E-state index contributed by atoms with van der Waals surface area (Å²) in [7, 11) is 2.17. The summed E-state index contributed by atoms with van der Waals surface area (Å²) >= 11 is 0. The topological polar surface area (TPSA) is 32.5 Å². The Morgan fingerprint density at radius 2 is 1.92 bits per heavy atom. The summed E-state index contributed by atoms with van der Waals surface area (Å²) in [6.07, 6.45) is 0. The van der Waals surface area contributed by atoms with E-state index in [0.717, 1.165) is 26.2 Å². The van der Waals surface area contributed by atoms with E-state index in [1.165, 1.54) is 0 Å². The Bertz CT molecular complexity index is 162. The van der Waals surface area contributed by atoms with Gasteiger partial charge in [-0.1, -0.05) is 0 Å². The van der Waals surface area contributed by atoms with E-state index in [1.54, 1.807) is 0 Å². The van der Waals surface area contributed by atoms with E-state index in [0.29, 0.717) is 6.04 Å². The van der Waals surface area contributed by atoms with Crippen LogP contribution < -0.4 is 5.73 Å².